The van der Waals surface area contributed by atoms with Gasteiger partial charge < -0.3 is 5.32 Å². The average Bonchev–Trinajstić information content (AvgIpc) is 2.64. The molecule has 3 rings (SSSR count). The van der Waals surface area contributed by atoms with Gasteiger partial charge in [-0.1, -0.05) is 12.1 Å². The zero-order valence-corrected chi connectivity index (χ0v) is 13.9. The lowest BCUT2D eigenvalue weighted by molar-refractivity contribution is -0.141. The predicted molar refractivity (Wildman–Crippen MR) is 87.2 cm³/mol. The highest BCUT2D eigenvalue weighted by molar-refractivity contribution is 5.98. The molecule has 1 amide bonds. The van der Waals surface area contributed by atoms with E-state index in [-0.39, 0.29) is 23.1 Å². The summed E-state index contributed by atoms with van der Waals surface area (Å²) in [5, 5.41) is 2.43. The topological polar surface area (TPSA) is 54.9 Å². The molecule has 0 radical (unpaired) electrons. The maximum absolute atomic E-state index is 13.3. The van der Waals surface area contributed by atoms with E-state index in [0.717, 1.165) is 24.3 Å². The highest BCUT2D eigenvalue weighted by Gasteiger charge is 2.38. The van der Waals surface area contributed by atoms with Crippen molar-refractivity contribution in [2.45, 2.75) is 18.9 Å². The molecule has 3 aromatic rings. The molecular formula is C18H11F6N3O. The number of nitrogens with zero attached hydrogens (tertiary/aromatic N) is 2. The Balaban J connectivity index is 1.89. The van der Waals surface area contributed by atoms with E-state index in [1.807, 2.05) is 0 Å². The Kier molecular flexibility index (Phi) is 4.97. The van der Waals surface area contributed by atoms with Crippen molar-refractivity contribution in [1.82, 2.24) is 15.3 Å². The van der Waals surface area contributed by atoms with Crippen molar-refractivity contribution < 1.29 is 31.1 Å². The first-order chi connectivity index (χ1) is 13.1. The molecule has 0 unspecified atom stereocenters. The minimum atomic E-state index is -4.91. The van der Waals surface area contributed by atoms with Crippen LogP contribution in [-0.4, -0.2) is 15.9 Å². The van der Waals surface area contributed by atoms with Gasteiger partial charge in [0.2, 0.25) is 0 Å². The van der Waals surface area contributed by atoms with Crippen LogP contribution >= 0.6 is 0 Å². The fraction of sp³-hybridized carbons (Fsp3) is 0.167. The molecule has 10 heteroatoms. The first kappa shape index (κ1) is 19.6. The highest BCUT2D eigenvalue weighted by Crippen LogP contribution is 2.32. The average molecular weight is 399 g/mol. The minimum absolute atomic E-state index is 0.0900. The van der Waals surface area contributed by atoms with Gasteiger partial charge >= 0.3 is 12.4 Å². The lowest BCUT2D eigenvalue weighted by atomic mass is 10.1. The van der Waals surface area contributed by atoms with Crippen LogP contribution in [0, 0.1) is 0 Å². The van der Waals surface area contributed by atoms with Crippen molar-refractivity contribution in [3.05, 3.63) is 71.0 Å². The molecule has 0 spiro atoms. The van der Waals surface area contributed by atoms with Gasteiger partial charge in [0.15, 0.2) is 11.3 Å². The largest absolute Gasteiger partial charge is 0.434 e. The molecule has 1 N–H and O–H groups in total. The second kappa shape index (κ2) is 7.10. The quantitative estimate of drug-likeness (QED) is 0.655. The molecular weight excluding hydrogens is 388 g/mol. The standard InChI is InChI=1S/C18H11F6N3O/c19-17(20,21)12-5-1-3-10(7-12)9-26-16(28)13-8-11-4-2-6-25-15(11)27-14(13)18(22,23)24/h1-8H,9H2,(H,26,28). The Hall–Kier alpha value is -3.17. The third-order valence-corrected chi connectivity index (χ3v) is 3.81. The Morgan fingerprint density at radius 2 is 1.71 bits per heavy atom. The maximum Gasteiger partial charge on any atom is 0.434 e. The van der Waals surface area contributed by atoms with Gasteiger partial charge in [-0.3, -0.25) is 4.79 Å². The van der Waals surface area contributed by atoms with Gasteiger partial charge in [0.05, 0.1) is 11.1 Å². The van der Waals surface area contributed by atoms with E-state index in [0.29, 0.717) is 0 Å². The first-order valence-electron chi connectivity index (χ1n) is 7.83. The summed E-state index contributed by atoms with van der Waals surface area (Å²) in [6, 6.07) is 8.05. The molecule has 1 aromatic carbocycles. The van der Waals surface area contributed by atoms with E-state index >= 15 is 0 Å². The van der Waals surface area contributed by atoms with Crippen LogP contribution in [0.4, 0.5) is 26.3 Å². The molecule has 2 aromatic heterocycles. The Labute approximate surface area is 154 Å². The number of carbonyl (C=O) groups is 1. The number of benzene rings is 1. The lowest BCUT2D eigenvalue weighted by Crippen LogP contribution is -2.27. The highest BCUT2D eigenvalue weighted by atomic mass is 19.4. The van der Waals surface area contributed by atoms with Crippen LogP contribution in [0.15, 0.2) is 48.7 Å². The monoisotopic (exact) mass is 399 g/mol. The van der Waals surface area contributed by atoms with Gasteiger partial charge in [-0.25, -0.2) is 9.97 Å². The molecule has 0 aliphatic carbocycles. The van der Waals surface area contributed by atoms with Crippen molar-refractivity contribution in [3.8, 4) is 0 Å². The third kappa shape index (κ3) is 4.21. The summed E-state index contributed by atoms with van der Waals surface area (Å²) in [4.78, 5) is 19.5. The maximum atomic E-state index is 13.3. The summed E-state index contributed by atoms with van der Waals surface area (Å²) >= 11 is 0. The van der Waals surface area contributed by atoms with Crippen molar-refractivity contribution in [1.29, 1.82) is 0 Å². The zero-order valence-electron chi connectivity index (χ0n) is 13.9. The van der Waals surface area contributed by atoms with Crippen LogP contribution < -0.4 is 5.32 Å². The van der Waals surface area contributed by atoms with E-state index in [9.17, 15) is 31.1 Å². The fourth-order valence-electron chi connectivity index (χ4n) is 2.53. The summed E-state index contributed by atoms with van der Waals surface area (Å²) in [6.07, 6.45) is -8.21. The van der Waals surface area contributed by atoms with Crippen LogP contribution in [0.2, 0.25) is 0 Å². The Morgan fingerprint density at radius 1 is 0.964 bits per heavy atom. The number of halogens is 6. The van der Waals surface area contributed by atoms with Gasteiger partial charge in [0.25, 0.3) is 5.91 Å². The Bertz CT molecular complexity index is 1030. The van der Waals surface area contributed by atoms with Crippen molar-refractivity contribution in [2.24, 2.45) is 0 Å². The number of fused-ring (bicyclic) bond motifs is 1. The molecule has 0 aliphatic rings. The molecule has 0 aliphatic heterocycles. The van der Waals surface area contributed by atoms with E-state index in [4.69, 9.17) is 0 Å². The Morgan fingerprint density at radius 3 is 2.39 bits per heavy atom. The summed E-state index contributed by atoms with van der Waals surface area (Å²) in [5.41, 5.74) is -3.16. The van der Waals surface area contributed by atoms with Crippen LogP contribution in [0.5, 0.6) is 0 Å². The van der Waals surface area contributed by atoms with Crippen LogP contribution in [0.25, 0.3) is 11.0 Å². The number of nitrogens with one attached hydrogen (secondary N) is 1. The van der Waals surface area contributed by atoms with Crippen molar-refractivity contribution >= 4 is 16.9 Å². The van der Waals surface area contributed by atoms with E-state index in [1.54, 1.807) is 0 Å². The molecule has 2 heterocycles. The molecule has 0 saturated carbocycles. The number of amides is 1. The molecule has 146 valence electrons. The van der Waals surface area contributed by atoms with Gasteiger partial charge in [-0.15, -0.1) is 0 Å². The summed E-state index contributed by atoms with van der Waals surface area (Å²) in [7, 11) is 0. The molecule has 0 atom stereocenters. The van der Waals surface area contributed by atoms with Crippen LogP contribution in [0.1, 0.15) is 27.2 Å². The normalized spacial score (nSPS) is 12.2. The molecule has 0 saturated heterocycles. The molecule has 4 nitrogen and oxygen atoms in total. The smallest absolute Gasteiger partial charge is 0.348 e. The zero-order chi connectivity index (χ0) is 20.5. The number of carbonyl (C=O) groups excluding carboxylic acids is 1. The second-order valence-corrected chi connectivity index (χ2v) is 5.81. The first-order valence-corrected chi connectivity index (χ1v) is 7.83. The molecule has 28 heavy (non-hydrogen) atoms. The number of pyridine rings is 2. The minimum Gasteiger partial charge on any atom is -0.348 e. The van der Waals surface area contributed by atoms with Gasteiger partial charge in [-0.2, -0.15) is 26.3 Å². The number of hydrogen-bond acceptors (Lipinski definition) is 3. The third-order valence-electron chi connectivity index (χ3n) is 3.81. The number of alkyl halides is 6. The van der Waals surface area contributed by atoms with Crippen molar-refractivity contribution in [2.75, 3.05) is 0 Å². The molecule has 0 bridgehead atoms. The fourth-order valence-corrected chi connectivity index (χ4v) is 2.53. The van der Waals surface area contributed by atoms with Crippen molar-refractivity contribution in [3.63, 3.8) is 0 Å². The summed E-state index contributed by atoms with van der Waals surface area (Å²) < 4.78 is 78.1. The molecule has 0 fully saturated rings. The summed E-state index contributed by atoms with van der Waals surface area (Å²) in [5.74, 6) is -1.11. The van der Waals surface area contributed by atoms with E-state index in [1.165, 1.54) is 24.4 Å². The number of hydrogen-bond donors (Lipinski definition) is 1. The SMILES string of the molecule is O=C(NCc1cccc(C(F)(F)F)c1)c1cc2cccnc2nc1C(F)(F)F. The predicted octanol–water partition coefficient (Wildman–Crippen LogP) is 4.60. The number of aromatic nitrogens is 2. The van der Waals surface area contributed by atoms with E-state index < -0.39 is 35.1 Å². The number of rotatable bonds is 3. The second-order valence-electron chi connectivity index (χ2n) is 5.81. The lowest BCUT2D eigenvalue weighted by Gasteiger charge is -2.13. The van der Waals surface area contributed by atoms with E-state index in [2.05, 4.69) is 15.3 Å². The van der Waals surface area contributed by atoms with Gasteiger partial charge in [0.1, 0.15) is 0 Å². The van der Waals surface area contributed by atoms with Gasteiger partial charge in [0, 0.05) is 18.1 Å². The van der Waals surface area contributed by atoms with Crippen LogP contribution in [-0.2, 0) is 18.9 Å². The summed E-state index contributed by atoms with van der Waals surface area (Å²) in [6.45, 7) is -0.384. The van der Waals surface area contributed by atoms with Gasteiger partial charge in [-0.05, 0) is 35.9 Å². The van der Waals surface area contributed by atoms with Crippen LogP contribution in [0.3, 0.4) is 0 Å².